The smallest absolute Gasteiger partial charge is 0.422 e. The number of alkyl halides is 3. The van der Waals surface area contributed by atoms with Gasteiger partial charge in [-0.1, -0.05) is 13.3 Å². The van der Waals surface area contributed by atoms with Gasteiger partial charge in [0.15, 0.2) is 0 Å². The fourth-order valence-corrected chi connectivity index (χ4v) is 2.00. The molecule has 6 heteroatoms. The van der Waals surface area contributed by atoms with Crippen molar-refractivity contribution in [3.05, 3.63) is 42.4 Å². The van der Waals surface area contributed by atoms with Crippen LogP contribution in [0.25, 0.3) is 11.3 Å². The number of hydrogen-bond donors (Lipinski definition) is 1. The Morgan fingerprint density at radius 2 is 2.00 bits per heavy atom. The highest BCUT2D eigenvalue weighted by molar-refractivity contribution is 5.55. The summed E-state index contributed by atoms with van der Waals surface area (Å²) < 4.78 is 44.3. The van der Waals surface area contributed by atoms with Gasteiger partial charge in [-0.15, -0.1) is 0 Å². The molecule has 1 N–H and O–H groups in total. The summed E-state index contributed by atoms with van der Waals surface area (Å²) in [7, 11) is 0. The van der Waals surface area contributed by atoms with E-state index in [2.05, 4.69) is 4.98 Å². The molecule has 0 aliphatic heterocycles. The van der Waals surface area contributed by atoms with Gasteiger partial charge in [0.05, 0.1) is 12.0 Å². The summed E-state index contributed by atoms with van der Waals surface area (Å²) in [6, 6.07) is 5.99. The third kappa shape index (κ3) is 2.56. The van der Waals surface area contributed by atoms with E-state index in [0.29, 0.717) is 11.3 Å². The van der Waals surface area contributed by atoms with Crippen molar-refractivity contribution in [2.45, 2.75) is 31.5 Å². The van der Waals surface area contributed by atoms with E-state index in [9.17, 15) is 18.3 Å². The van der Waals surface area contributed by atoms with Gasteiger partial charge in [0.1, 0.15) is 5.76 Å². The fraction of sp³-hybridized carbons (Fsp3) is 0.357. The molecule has 2 heterocycles. The van der Waals surface area contributed by atoms with Gasteiger partial charge in [-0.25, -0.2) is 0 Å². The topological polar surface area (TPSA) is 46.3 Å². The van der Waals surface area contributed by atoms with Crippen LogP contribution in [0, 0.1) is 0 Å². The van der Waals surface area contributed by atoms with Gasteiger partial charge in [-0.05, 0) is 30.7 Å². The van der Waals surface area contributed by atoms with Gasteiger partial charge in [-0.3, -0.25) is 4.98 Å². The summed E-state index contributed by atoms with van der Waals surface area (Å²) in [6.07, 6.45) is -2.27. The molecular formula is C14H14F3NO2. The molecule has 108 valence electrons. The quantitative estimate of drug-likeness (QED) is 0.927. The van der Waals surface area contributed by atoms with E-state index in [1.165, 1.54) is 24.6 Å². The van der Waals surface area contributed by atoms with E-state index in [1.54, 1.807) is 19.1 Å². The summed E-state index contributed by atoms with van der Waals surface area (Å²) in [5, 5.41) is 9.93. The molecule has 1 atom stereocenters. The normalized spacial score (nSPS) is 15.1. The lowest BCUT2D eigenvalue weighted by atomic mass is 9.92. The Morgan fingerprint density at radius 1 is 1.25 bits per heavy atom. The number of rotatable bonds is 4. The van der Waals surface area contributed by atoms with Crippen LogP contribution in [0.5, 0.6) is 0 Å². The SMILES string of the molecule is CCCC(O)(c1ccc(-c2ccco2)cn1)C(F)(F)F. The van der Waals surface area contributed by atoms with E-state index < -0.39 is 23.9 Å². The molecule has 1 unspecified atom stereocenters. The maximum absolute atomic E-state index is 13.0. The number of aliphatic hydroxyl groups is 1. The molecule has 0 aliphatic rings. The van der Waals surface area contributed by atoms with Crippen molar-refractivity contribution in [3.63, 3.8) is 0 Å². The van der Waals surface area contributed by atoms with E-state index in [1.807, 2.05) is 0 Å². The second-order valence-electron chi connectivity index (χ2n) is 4.52. The largest absolute Gasteiger partial charge is 0.464 e. The van der Waals surface area contributed by atoms with Gasteiger partial charge in [0.2, 0.25) is 5.60 Å². The van der Waals surface area contributed by atoms with E-state index in [4.69, 9.17) is 4.42 Å². The first-order chi connectivity index (χ1) is 9.38. The van der Waals surface area contributed by atoms with Crippen molar-refractivity contribution in [2.75, 3.05) is 0 Å². The number of furan rings is 1. The number of nitrogens with zero attached hydrogens (tertiary/aromatic N) is 1. The Bertz CT molecular complexity index is 549. The zero-order chi connectivity index (χ0) is 14.8. The van der Waals surface area contributed by atoms with E-state index in [0.717, 1.165) is 0 Å². The van der Waals surface area contributed by atoms with Crippen LogP contribution in [-0.4, -0.2) is 16.3 Å². The zero-order valence-electron chi connectivity index (χ0n) is 10.8. The van der Waals surface area contributed by atoms with Crippen molar-refractivity contribution < 1.29 is 22.7 Å². The molecule has 2 rings (SSSR count). The predicted octanol–water partition coefficient (Wildman–Crippen LogP) is 3.89. The predicted molar refractivity (Wildman–Crippen MR) is 66.8 cm³/mol. The molecule has 0 bridgehead atoms. The molecule has 2 aromatic rings. The Balaban J connectivity index is 2.36. The third-order valence-electron chi connectivity index (χ3n) is 3.07. The van der Waals surface area contributed by atoms with E-state index in [-0.39, 0.29) is 6.42 Å². The van der Waals surface area contributed by atoms with Crippen LogP contribution >= 0.6 is 0 Å². The fourth-order valence-electron chi connectivity index (χ4n) is 2.00. The van der Waals surface area contributed by atoms with Crippen LogP contribution in [0.15, 0.2) is 41.1 Å². The average molecular weight is 285 g/mol. The number of halogens is 3. The van der Waals surface area contributed by atoms with Crippen LogP contribution in [0.2, 0.25) is 0 Å². The molecule has 0 aromatic carbocycles. The van der Waals surface area contributed by atoms with Gasteiger partial charge in [0.25, 0.3) is 0 Å². The summed E-state index contributed by atoms with van der Waals surface area (Å²) in [5.74, 6) is 0.509. The van der Waals surface area contributed by atoms with E-state index >= 15 is 0 Å². The highest BCUT2D eigenvalue weighted by Gasteiger charge is 2.55. The van der Waals surface area contributed by atoms with Crippen LogP contribution in [0.1, 0.15) is 25.5 Å². The first-order valence-corrected chi connectivity index (χ1v) is 6.18. The lowest BCUT2D eigenvalue weighted by molar-refractivity contribution is -0.270. The molecule has 0 saturated carbocycles. The highest BCUT2D eigenvalue weighted by atomic mass is 19.4. The molecule has 20 heavy (non-hydrogen) atoms. The van der Waals surface area contributed by atoms with Crippen molar-refractivity contribution in [3.8, 4) is 11.3 Å². The summed E-state index contributed by atoms with van der Waals surface area (Å²) in [4.78, 5) is 3.76. The monoisotopic (exact) mass is 285 g/mol. The molecular weight excluding hydrogens is 271 g/mol. The summed E-state index contributed by atoms with van der Waals surface area (Å²) in [5.41, 5.74) is -2.76. The van der Waals surface area contributed by atoms with Crippen molar-refractivity contribution in [2.24, 2.45) is 0 Å². The average Bonchev–Trinajstić information content (AvgIpc) is 2.91. The van der Waals surface area contributed by atoms with Crippen LogP contribution in [0.3, 0.4) is 0 Å². The zero-order valence-corrected chi connectivity index (χ0v) is 10.8. The Labute approximate surface area is 114 Å². The van der Waals surface area contributed by atoms with Crippen molar-refractivity contribution in [1.82, 2.24) is 4.98 Å². The minimum Gasteiger partial charge on any atom is -0.464 e. The minimum absolute atomic E-state index is 0.192. The second-order valence-corrected chi connectivity index (χ2v) is 4.52. The Kier molecular flexibility index (Phi) is 3.85. The molecule has 0 amide bonds. The molecule has 0 spiro atoms. The third-order valence-corrected chi connectivity index (χ3v) is 3.07. The van der Waals surface area contributed by atoms with Crippen molar-refractivity contribution in [1.29, 1.82) is 0 Å². The van der Waals surface area contributed by atoms with Gasteiger partial charge < -0.3 is 9.52 Å². The van der Waals surface area contributed by atoms with Crippen LogP contribution < -0.4 is 0 Å². The lowest BCUT2D eigenvalue weighted by Crippen LogP contribution is -2.42. The Hall–Kier alpha value is -1.82. The lowest BCUT2D eigenvalue weighted by Gasteiger charge is -2.29. The first kappa shape index (κ1) is 14.6. The standard InChI is InChI=1S/C14H14F3NO2/c1-2-7-13(19,14(15,16)17)12-6-5-10(9-18-12)11-4-3-8-20-11/h3-6,8-9,19H,2,7H2,1H3. The molecule has 0 radical (unpaired) electrons. The molecule has 0 aliphatic carbocycles. The van der Waals surface area contributed by atoms with Crippen molar-refractivity contribution >= 4 is 0 Å². The highest BCUT2D eigenvalue weighted by Crippen LogP contribution is 2.41. The molecule has 3 nitrogen and oxygen atoms in total. The first-order valence-electron chi connectivity index (χ1n) is 6.18. The van der Waals surface area contributed by atoms with Gasteiger partial charge in [-0.2, -0.15) is 13.2 Å². The number of pyridine rings is 1. The number of aromatic nitrogens is 1. The van der Waals surface area contributed by atoms with Gasteiger partial charge in [0, 0.05) is 11.8 Å². The second kappa shape index (κ2) is 5.28. The summed E-state index contributed by atoms with van der Waals surface area (Å²) in [6.45, 7) is 1.58. The molecule has 2 aromatic heterocycles. The Morgan fingerprint density at radius 3 is 2.45 bits per heavy atom. The maximum Gasteiger partial charge on any atom is 0.422 e. The van der Waals surface area contributed by atoms with Crippen LogP contribution in [-0.2, 0) is 5.60 Å². The number of hydrogen-bond acceptors (Lipinski definition) is 3. The van der Waals surface area contributed by atoms with Crippen LogP contribution in [0.4, 0.5) is 13.2 Å². The molecule has 0 fully saturated rings. The summed E-state index contributed by atoms with van der Waals surface area (Å²) >= 11 is 0. The molecule has 0 saturated heterocycles. The van der Waals surface area contributed by atoms with Gasteiger partial charge >= 0.3 is 6.18 Å². The maximum atomic E-state index is 13.0. The minimum atomic E-state index is -4.76.